The molecule has 0 saturated heterocycles. The molecule has 0 saturated carbocycles. The van der Waals surface area contributed by atoms with Crippen LogP contribution in [0.4, 0.5) is 0 Å². The highest BCUT2D eigenvalue weighted by Gasteiger charge is 2.18. The first-order valence-corrected chi connectivity index (χ1v) is 6.42. The minimum Gasteiger partial charge on any atom is -0.361 e. The maximum Gasteiger partial charge on any atom is 0.273 e. The molecule has 5 nitrogen and oxygen atoms in total. The Labute approximate surface area is 108 Å². The number of aromatic nitrogens is 1. The van der Waals surface area contributed by atoms with Crippen LogP contribution in [-0.4, -0.2) is 24.2 Å². The molecule has 0 aromatic carbocycles. The molecule has 1 aromatic heterocycles. The standard InChI is InChI=1S/C13H23N3O2/c1-4-5-6-10-7-11(16-18-10)12(17)15-9-13(2,3)8-14/h7H,4-6,8-9,14H2,1-3H3,(H,15,17). The Balaban J connectivity index is 2.49. The predicted molar refractivity (Wildman–Crippen MR) is 70.3 cm³/mol. The molecule has 1 aromatic rings. The first-order chi connectivity index (χ1) is 8.48. The molecule has 0 radical (unpaired) electrons. The number of nitrogens with zero attached hydrogens (tertiary/aromatic N) is 1. The fourth-order valence-corrected chi connectivity index (χ4v) is 1.37. The SMILES string of the molecule is CCCCc1cc(C(=O)NCC(C)(C)CN)no1. The molecule has 102 valence electrons. The number of hydrogen-bond acceptors (Lipinski definition) is 4. The number of carbonyl (C=O) groups is 1. The van der Waals surface area contributed by atoms with Crippen molar-refractivity contribution in [3.63, 3.8) is 0 Å². The average Bonchev–Trinajstić information content (AvgIpc) is 2.82. The van der Waals surface area contributed by atoms with Crippen molar-refractivity contribution in [2.24, 2.45) is 11.1 Å². The van der Waals surface area contributed by atoms with Crippen LogP contribution in [0.5, 0.6) is 0 Å². The molecular weight excluding hydrogens is 230 g/mol. The Kier molecular flexibility index (Phi) is 5.34. The molecule has 18 heavy (non-hydrogen) atoms. The van der Waals surface area contributed by atoms with Crippen molar-refractivity contribution in [3.8, 4) is 0 Å². The van der Waals surface area contributed by atoms with Crippen LogP contribution in [0, 0.1) is 5.41 Å². The molecule has 1 amide bonds. The summed E-state index contributed by atoms with van der Waals surface area (Å²) >= 11 is 0. The van der Waals surface area contributed by atoms with Crippen molar-refractivity contribution < 1.29 is 9.32 Å². The van der Waals surface area contributed by atoms with E-state index in [2.05, 4.69) is 17.4 Å². The van der Waals surface area contributed by atoms with Gasteiger partial charge >= 0.3 is 0 Å². The summed E-state index contributed by atoms with van der Waals surface area (Å²) in [6.45, 7) is 7.16. The molecule has 0 aliphatic carbocycles. The molecule has 3 N–H and O–H groups in total. The van der Waals surface area contributed by atoms with E-state index in [1.54, 1.807) is 6.07 Å². The van der Waals surface area contributed by atoms with Crippen LogP contribution < -0.4 is 11.1 Å². The number of unbranched alkanes of at least 4 members (excludes halogenated alkanes) is 1. The molecule has 1 heterocycles. The highest BCUT2D eigenvalue weighted by atomic mass is 16.5. The fraction of sp³-hybridized carbons (Fsp3) is 0.692. The topological polar surface area (TPSA) is 81.2 Å². The van der Waals surface area contributed by atoms with E-state index in [9.17, 15) is 4.79 Å². The van der Waals surface area contributed by atoms with Crippen LogP contribution in [0.25, 0.3) is 0 Å². The highest BCUT2D eigenvalue weighted by molar-refractivity contribution is 5.92. The number of rotatable bonds is 7. The van der Waals surface area contributed by atoms with Crippen molar-refractivity contribution in [3.05, 3.63) is 17.5 Å². The van der Waals surface area contributed by atoms with Crippen LogP contribution in [0.3, 0.4) is 0 Å². The van der Waals surface area contributed by atoms with Gasteiger partial charge in [-0.25, -0.2) is 0 Å². The van der Waals surface area contributed by atoms with Gasteiger partial charge in [0.25, 0.3) is 5.91 Å². The lowest BCUT2D eigenvalue weighted by Crippen LogP contribution is -2.38. The molecule has 0 unspecified atom stereocenters. The van der Waals surface area contributed by atoms with Gasteiger partial charge in [-0.1, -0.05) is 32.3 Å². The number of amides is 1. The van der Waals surface area contributed by atoms with Crippen LogP contribution in [-0.2, 0) is 6.42 Å². The van der Waals surface area contributed by atoms with E-state index in [0.29, 0.717) is 18.8 Å². The van der Waals surface area contributed by atoms with Gasteiger partial charge in [-0.05, 0) is 18.4 Å². The molecule has 1 rings (SSSR count). The van der Waals surface area contributed by atoms with E-state index in [-0.39, 0.29) is 11.3 Å². The van der Waals surface area contributed by atoms with E-state index in [1.165, 1.54) is 0 Å². The van der Waals surface area contributed by atoms with Gasteiger partial charge in [0.15, 0.2) is 5.69 Å². The zero-order valence-electron chi connectivity index (χ0n) is 11.5. The molecule has 5 heteroatoms. The second kappa shape index (κ2) is 6.54. The summed E-state index contributed by atoms with van der Waals surface area (Å²) in [6, 6.07) is 1.71. The van der Waals surface area contributed by atoms with Gasteiger partial charge in [0.05, 0.1) is 0 Å². The van der Waals surface area contributed by atoms with E-state index < -0.39 is 0 Å². The third kappa shape index (κ3) is 4.49. The zero-order valence-corrected chi connectivity index (χ0v) is 11.5. The van der Waals surface area contributed by atoms with Gasteiger partial charge in [-0.3, -0.25) is 4.79 Å². The highest BCUT2D eigenvalue weighted by Crippen LogP contribution is 2.11. The molecule has 0 spiro atoms. The van der Waals surface area contributed by atoms with Gasteiger partial charge < -0.3 is 15.6 Å². The third-order valence-electron chi connectivity index (χ3n) is 2.85. The van der Waals surface area contributed by atoms with Crippen molar-refractivity contribution >= 4 is 5.91 Å². The fourth-order valence-electron chi connectivity index (χ4n) is 1.37. The van der Waals surface area contributed by atoms with Crippen LogP contribution in [0.15, 0.2) is 10.6 Å². The molecule has 0 fully saturated rings. The van der Waals surface area contributed by atoms with Crippen molar-refractivity contribution in [1.29, 1.82) is 0 Å². The summed E-state index contributed by atoms with van der Waals surface area (Å²) in [6.07, 6.45) is 2.95. The van der Waals surface area contributed by atoms with Gasteiger partial charge in [0.2, 0.25) is 0 Å². The number of hydrogen-bond donors (Lipinski definition) is 2. The minimum absolute atomic E-state index is 0.107. The number of carbonyl (C=O) groups excluding carboxylic acids is 1. The Bertz CT molecular complexity index is 385. The summed E-state index contributed by atoms with van der Waals surface area (Å²) < 4.78 is 5.11. The van der Waals surface area contributed by atoms with E-state index in [0.717, 1.165) is 25.0 Å². The minimum atomic E-state index is -0.206. The predicted octanol–water partition coefficient (Wildman–Crippen LogP) is 1.73. The average molecular weight is 253 g/mol. The number of aryl methyl sites for hydroxylation is 1. The Morgan fingerprint density at radius 1 is 1.56 bits per heavy atom. The number of nitrogens with two attached hydrogens (primary N) is 1. The van der Waals surface area contributed by atoms with E-state index >= 15 is 0 Å². The van der Waals surface area contributed by atoms with Crippen molar-refractivity contribution in [2.75, 3.05) is 13.1 Å². The summed E-state index contributed by atoms with van der Waals surface area (Å²) in [5, 5.41) is 6.60. The van der Waals surface area contributed by atoms with Gasteiger partial charge in [0, 0.05) is 19.0 Å². The molecular formula is C13H23N3O2. The maximum absolute atomic E-state index is 11.8. The molecule has 0 aliphatic rings. The molecule has 0 bridgehead atoms. The Morgan fingerprint density at radius 2 is 2.28 bits per heavy atom. The van der Waals surface area contributed by atoms with Gasteiger partial charge in [0.1, 0.15) is 5.76 Å². The third-order valence-corrected chi connectivity index (χ3v) is 2.85. The maximum atomic E-state index is 11.8. The lowest BCUT2D eigenvalue weighted by atomic mass is 9.94. The smallest absolute Gasteiger partial charge is 0.273 e. The quantitative estimate of drug-likeness (QED) is 0.775. The number of nitrogens with one attached hydrogen (secondary N) is 1. The van der Waals surface area contributed by atoms with Crippen molar-refractivity contribution in [2.45, 2.75) is 40.0 Å². The van der Waals surface area contributed by atoms with Gasteiger partial charge in [-0.15, -0.1) is 0 Å². The second-order valence-electron chi connectivity index (χ2n) is 5.33. The normalized spacial score (nSPS) is 11.6. The van der Waals surface area contributed by atoms with E-state index in [1.807, 2.05) is 13.8 Å². The Hall–Kier alpha value is -1.36. The molecule has 0 aliphatic heterocycles. The lowest BCUT2D eigenvalue weighted by molar-refractivity contribution is 0.0928. The summed E-state index contributed by atoms with van der Waals surface area (Å²) in [5.41, 5.74) is 5.84. The largest absolute Gasteiger partial charge is 0.361 e. The van der Waals surface area contributed by atoms with Crippen LogP contribution in [0.1, 0.15) is 49.9 Å². The Morgan fingerprint density at radius 3 is 2.89 bits per heavy atom. The second-order valence-corrected chi connectivity index (χ2v) is 5.33. The first kappa shape index (κ1) is 14.7. The zero-order chi connectivity index (χ0) is 13.6. The summed E-state index contributed by atoms with van der Waals surface area (Å²) in [7, 11) is 0. The summed E-state index contributed by atoms with van der Waals surface area (Å²) in [5.74, 6) is 0.558. The lowest BCUT2D eigenvalue weighted by Gasteiger charge is -2.22. The summed E-state index contributed by atoms with van der Waals surface area (Å²) in [4.78, 5) is 11.8. The van der Waals surface area contributed by atoms with E-state index in [4.69, 9.17) is 10.3 Å². The van der Waals surface area contributed by atoms with Crippen molar-refractivity contribution in [1.82, 2.24) is 10.5 Å². The van der Waals surface area contributed by atoms with Crippen LogP contribution >= 0.6 is 0 Å². The van der Waals surface area contributed by atoms with Crippen LogP contribution in [0.2, 0.25) is 0 Å². The monoisotopic (exact) mass is 253 g/mol. The first-order valence-electron chi connectivity index (χ1n) is 6.42. The molecule has 0 atom stereocenters. The van der Waals surface area contributed by atoms with Gasteiger partial charge in [-0.2, -0.15) is 0 Å².